The number of halogens is 1. The van der Waals surface area contributed by atoms with E-state index in [0.29, 0.717) is 11.6 Å². The van der Waals surface area contributed by atoms with E-state index in [0.717, 1.165) is 6.54 Å². The fourth-order valence-corrected chi connectivity index (χ4v) is 2.28. The number of hydrogen-bond donors (Lipinski definition) is 1. The number of rotatable bonds is 2. The second kappa shape index (κ2) is 7.39. The van der Waals surface area contributed by atoms with Gasteiger partial charge in [0.1, 0.15) is 0 Å². The Morgan fingerprint density at radius 3 is 2.61 bits per heavy atom. The SMILES string of the molecule is COC(=O)c1ccc(C2CCCCCN2)cc1.Cl. The molecule has 1 aromatic carbocycles. The Bertz CT molecular complexity index is 370. The number of ether oxygens (including phenoxy) is 1. The summed E-state index contributed by atoms with van der Waals surface area (Å²) in [5, 5.41) is 3.54. The molecular weight excluding hydrogens is 250 g/mol. The second-order valence-electron chi connectivity index (χ2n) is 4.47. The molecule has 0 amide bonds. The largest absolute Gasteiger partial charge is 0.465 e. The quantitative estimate of drug-likeness (QED) is 0.839. The first kappa shape index (κ1) is 15.0. The molecule has 0 aromatic heterocycles. The standard InChI is InChI=1S/C14H19NO2.ClH/c1-17-14(16)12-8-6-11(7-9-12)13-5-3-2-4-10-15-13;/h6-9,13,15H,2-5,10H2,1H3;1H. The Morgan fingerprint density at radius 2 is 1.94 bits per heavy atom. The first-order valence-electron chi connectivity index (χ1n) is 6.23. The Hall–Kier alpha value is -1.06. The fourth-order valence-electron chi connectivity index (χ4n) is 2.28. The Morgan fingerprint density at radius 1 is 1.22 bits per heavy atom. The van der Waals surface area contributed by atoms with Crippen LogP contribution in [0.3, 0.4) is 0 Å². The molecule has 1 heterocycles. The van der Waals surface area contributed by atoms with Crippen LogP contribution in [0.4, 0.5) is 0 Å². The number of carbonyl (C=O) groups excluding carboxylic acids is 1. The Balaban J connectivity index is 0.00000162. The highest BCUT2D eigenvalue weighted by Gasteiger charge is 2.14. The first-order chi connectivity index (χ1) is 8.31. The summed E-state index contributed by atoms with van der Waals surface area (Å²) in [5.74, 6) is -0.273. The van der Waals surface area contributed by atoms with Crippen LogP contribution in [0.1, 0.15) is 47.6 Å². The molecule has 18 heavy (non-hydrogen) atoms. The van der Waals surface area contributed by atoms with E-state index < -0.39 is 0 Å². The summed E-state index contributed by atoms with van der Waals surface area (Å²) < 4.78 is 4.69. The van der Waals surface area contributed by atoms with Crippen molar-refractivity contribution >= 4 is 18.4 Å². The molecule has 100 valence electrons. The molecule has 1 aliphatic heterocycles. The maximum Gasteiger partial charge on any atom is 0.337 e. The minimum Gasteiger partial charge on any atom is -0.465 e. The molecule has 0 spiro atoms. The minimum atomic E-state index is -0.273. The van der Waals surface area contributed by atoms with Crippen molar-refractivity contribution in [1.82, 2.24) is 5.32 Å². The summed E-state index contributed by atoms with van der Waals surface area (Å²) in [6.45, 7) is 1.09. The van der Waals surface area contributed by atoms with Gasteiger partial charge in [0.2, 0.25) is 0 Å². The van der Waals surface area contributed by atoms with E-state index >= 15 is 0 Å². The predicted molar refractivity (Wildman–Crippen MR) is 74.2 cm³/mol. The normalized spacial score (nSPS) is 19.5. The average molecular weight is 270 g/mol. The van der Waals surface area contributed by atoms with Crippen molar-refractivity contribution in [3.05, 3.63) is 35.4 Å². The van der Waals surface area contributed by atoms with Crippen LogP contribution in [0, 0.1) is 0 Å². The lowest BCUT2D eigenvalue weighted by molar-refractivity contribution is 0.0600. The highest BCUT2D eigenvalue weighted by molar-refractivity contribution is 5.89. The third-order valence-corrected chi connectivity index (χ3v) is 3.29. The summed E-state index contributed by atoms with van der Waals surface area (Å²) in [6, 6.07) is 8.16. The van der Waals surface area contributed by atoms with Gasteiger partial charge in [-0.05, 0) is 37.1 Å². The first-order valence-corrected chi connectivity index (χ1v) is 6.23. The molecule has 0 radical (unpaired) electrons. The molecule has 0 saturated carbocycles. The molecule has 1 atom stereocenters. The lowest BCUT2D eigenvalue weighted by Gasteiger charge is -2.16. The van der Waals surface area contributed by atoms with Crippen molar-refractivity contribution in [1.29, 1.82) is 0 Å². The van der Waals surface area contributed by atoms with Gasteiger partial charge < -0.3 is 10.1 Å². The van der Waals surface area contributed by atoms with Gasteiger partial charge in [0, 0.05) is 6.04 Å². The zero-order valence-electron chi connectivity index (χ0n) is 10.6. The maximum atomic E-state index is 11.3. The molecule has 0 aliphatic carbocycles. The zero-order chi connectivity index (χ0) is 12.1. The molecule has 0 bridgehead atoms. The van der Waals surface area contributed by atoms with Gasteiger partial charge in [-0.2, -0.15) is 0 Å². The van der Waals surface area contributed by atoms with Gasteiger partial charge in [-0.3, -0.25) is 0 Å². The molecule has 1 N–H and O–H groups in total. The third kappa shape index (κ3) is 3.72. The van der Waals surface area contributed by atoms with Crippen molar-refractivity contribution in [3.8, 4) is 0 Å². The van der Waals surface area contributed by atoms with E-state index in [1.54, 1.807) is 0 Å². The van der Waals surface area contributed by atoms with Crippen molar-refractivity contribution < 1.29 is 9.53 Å². The predicted octanol–water partition coefficient (Wildman–Crippen LogP) is 3.10. The molecule has 1 unspecified atom stereocenters. The summed E-state index contributed by atoms with van der Waals surface area (Å²) in [5.41, 5.74) is 1.88. The second-order valence-corrected chi connectivity index (χ2v) is 4.47. The monoisotopic (exact) mass is 269 g/mol. The van der Waals surface area contributed by atoms with Crippen LogP contribution < -0.4 is 5.32 Å². The Kier molecular flexibility index (Phi) is 6.16. The topological polar surface area (TPSA) is 38.3 Å². The van der Waals surface area contributed by atoms with E-state index in [9.17, 15) is 4.79 Å². The van der Waals surface area contributed by atoms with Crippen LogP contribution in [-0.2, 0) is 4.74 Å². The van der Waals surface area contributed by atoms with E-state index in [1.165, 1.54) is 38.4 Å². The van der Waals surface area contributed by atoms with Crippen LogP contribution in [0.2, 0.25) is 0 Å². The molecular formula is C14H20ClNO2. The van der Waals surface area contributed by atoms with Crippen molar-refractivity contribution in [3.63, 3.8) is 0 Å². The van der Waals surface area contributed by atoms with E-state index in [-0.39, 0.29) is 18.4 Å². The summed E-state index contributed by atoms with van der Waals surface area (Å²) in [4.78, 5) is 11.3. The number of nitrogens with one attached hydrogen (secondary N) is 1. The van der Waals surface area contributed by atoms with Gasteiger partial charge in [0.05, 0.1) is 12.7 Å². The maximum absolute atomic E-state index is 11.3. The van der Waals surface area contributed by atoms with Crippen molar-refractivity contribution in [2.75, 3.05) is 13.7 Å². The van der Waals surface area contributed by atoms with E-state index in [1.807, 2.05) is 24.3 Å². The Labute approximate surface area is 114 Å². The molecule has 2 rings (SSSR count). The zero-order valence-corrected chi connectivity index (χ0v) is 11.5. The lowest BCUT2D eigenvalue weighted by Crippen LogP contribution is -2.20. The summed E-state index contributed by atoms with van der Waals surface area (Å²) in [6.07, 6.45) is 5.02. The van der Waals surface area contributed by atoms with Crippen LogP contribution in [0.15, 0.2) is 24.3 Å². The van der Waals surface area contributed by atoms with Gasteiger partial charge >= 0.3 is 5.97 Å². The van der Waals surface area contributed by atoms with Crippen LogP contribution in [0.5, 0.6) is 0 Å². The molecule has 1 fully saturated rings. The van der Waals surface area contributed by atoms with Crippen molar-refractivity contribution in [2.45, 2.75) is 31.7 Å². The number of methoxy groups -OCH3 is 1. The van der Waals surface area contributed by atoms with E-state index in [2.05, 4.69) is 10.1 Å². The number of esters is 1. The smallest absolute Gasteiger partial charge is 0.337 e. The van der Waals surface area contributed by atoms with Crippen molar-refractivity contribution in [2.24, 2.45) is 0 Å². The van der Waals surface area contributed by atoms with Gasteiger partial charge in [0.25, 0.3) is 0 Å². The van der Waals surface area contributed by atoms with Gasteiger partial charge in [-0.1, -0.05) is 25.0 Å². The highest BCUT2D eigenvalue weighted by atomic mass is 35.5. The molecule has 1 aromatic rings. The summed E-state index contributed by atoms with van der Waals surface area (Å²) in [7, 11) is 1.41. The number of hydrogen-bond acceptors (Lipinski definition) is 3. The fraction of sp³-hybridized carbons (Fsp3) is 0.500. The molecule has 4 heteroatoms. The lowest BCUT2D eigenvalue weighted by atomic mass is 10.0. The molecule has 3 nitrogen and oxygen atoms in total. The summed E-state index contributed by atoms with van der Waals surface area (Å²) >= 11 is 0. The minimum absolute atomic E-state index is 0. The van der Waals surface area contributed by atoms with Crippen LogP contribution >= 0.6 is 12.4 Å². The molecule has 1 saturated heterocycles. The third-order valence-electron chi connectivity index (χ3n) is 3.29. The number of benzene rings is 1. The van der Waals surface area contributed by atoms with Gasteiger partial charge in [-0.25, -0.2) is 4.79 Å². The van der Waals surface area contributed by atoms with E-state index in [4.69, 9.17) is 0 Å². The average Bonchev–Trinajstić information content (AvgIpc) is 2.67. The van der Waals surface area contributed by atoms with Crippen LogP contribution in [-0.4, -0.2) is 19.6 Å². The van der Waals surface area contributed by atoms with Gasteiger partial charge in [-0.15, -0.1) is 12.4 Å². The number of carbonyl (C=O) groups is 1. The highest BCUT2D eigenvalue weighted by Crippen LogP contribution is 2.22. The van der Waals surface area contributed by atoms with Crippen LogP contribution in [0.25, 0.3) is 0 Å². The molecule has 1 aliphatic rings. The van der Waals surface area contributed by atoms with Gasteiger partial charge in [0.15, 0.2) is 0 Å².